The maximum atomic E-state index is 13.7. The third-order valence-corrected chi connectivity index (χ3v) is 12.9. The summed E-state index contributed by atoms with van der Waals surface area (Å²) in [4.78, 5) is 67.5. The molecule has 0 radical (unpaired) electrons. The minimum Gasteiger partial charge on any atom is -0.329 e. The number of hydrogen-bond acceptors (Lipinski definition) is 12. The number of nitrogens with one attached hydrogen (secondary N) is 2. The predicted octanol–water partition coefficient (Wildman–Crippen LogP) is 10.2. The number of alkyl halides is 3. The van der Waals surface area contributed by atoms with Gasteiger partial charge in [0.2, 0.25) is 0 Å². The van der Waals surface area contributed by atoms with Crippen LogP contribution < -0.4 is 11.1 Å². The van der Waals surface area contributed by atoms with E-state index in [4.69, 9.17) is 28.2 Å². The van der Waals surface area contributed by atoms with Crippen LogP contribution in [-0.2, 0) is 17.7 Å². The Hall–Kier alpha value is -7.19. The van der Waals surface area contributed by atoms with Crippen molar-refractivity contribution in [2.24, 2.45) is 0 Å². The fourth-order valence-electron chi connectivity index (χ4n) is 7.32. The first-order valence-corrected chi connectivity index (χ1v) is 22.4. The van der Waals surface area contributed by atoms with E-state index in [9.17, 15) is 22.8 Å². The van der Waals surface area contributed by atoms with Gasteiger partial charge in [0.1, 0.15) is 45.4 Å². The minimum absolute atomic E-state index is 0.0293. The van der Waals surface area contributed by atoms with Crippen LogP contribution in [-0.4, -0.2) is 59.0 Å². The normalized spacial score (nSPS) is 11.8. The quantitative estimate of drug-likeness (QED) is 0.0838. The molecule has 11 rings (SSSR count). The van der Waals surface area contributed by atoms with Gasteiger partial charge in [0.15, 0.2) is 11.3 Å². The van der Waals surface area contributed by atoms with Crippen molar-refractivity contribution in [1.29, 1.82) is 0 Å². The molecule has 11 aromatic rings. The van der Waals surface area contributed by atoms with Crippen LogP contribution in [0.4, 0.5) is 13.2 Å². The Morgan fingerprint density at radius 1 is 0.561 bits per heavy atom. The Labute approximate surface area is 387 Å². The maximum absolute atomic E-state index is 13.7. The van der Waals surface area contributed by atoms with Crippen LogP contribution in [0.5, 0.6) is 0 Å². The van der Waals surface area contributed by atoms with E-state index >= 15 is 0 Å². The standard InChI is InChI=1S/C24H15ClN6OS.C21H12ClF3N6OS/c25-17-7-3-4-8-19(17)31-20(11-33-23-21-22(27-12-26-21)28-13-29-23)30-18-10-15-6-2-1-5-14(15)9-16(18)24(31)32;22-13-6-1-2-7-14(13)31-15(8-33-19-17-18(27-9-26-17)28-10-29-19)30-16-11(20(31)32)4-3-5-12(16)21(23,24)25/h1-10,12-13H,11H2,(H,26,27,28,29);1-7,9-10H,8H2,(H,26,27,28,29). The van der Waals surface area contributed by atoms with E-state index in [2.05, 4.69) is 44.9 Å². The number of aromatic nitrogens is 12. The average molecular weight is 960 g/mol. The second-order valence-corrected chi connectivity index (χ2v) is 17.0. The van der Waals surface area contributed by atoms with Gasteiger partial charge in [0.25, 0.3) is 11.1 Å². The highest BCUT2D eigenvalue weighted by Crippen LogP contribution is 2.35. The van der Waals surface area contributed by atoms with E-state index in [-0.39, 0.29) is 27.5 Å². The zero-order valence-corrected chi connectivity index (χ0v) is 36.7. The molecule has 6 aromatic heterocycles. The molecule has 0 aliphatic carbocycles. The molecular weight excluding hydrogens is 933 g/mol. The zero-order chi connectivity index (χ0) is 45.5. The van der Waals surface area contributed by atoms with Gasteiger partial charge in [-0.2, -0.15) is 13.2 Å². The minimum atomic E-state index is -4.67. The van der Waals surface area contributed by atoms with E-state index in [1.165, 1.54) is 59.2 Å². The maximum Gasteiger partial charge on any atom is 0.418 e. The summed E-state index contributed by atoms with van der Waals surface area (Å²) < 4.78 is 43.8. The SMILES string of the molecule is O=c1c2cc3ccccc3cc2nc(CSc2ncnc3[nH]cnc23)n1-c1ccccc1Cl.O=c1c2cccc(C(F)(F)F)c2nc(CSc2ncnc3[nH]cnc23)n1-c1ccccc1Cl. The molecular formula is C45H27Cl2F3N12O2S2. The molecule has 21 heteroatoms. The number of aromatic amines is 2. The number of rotatable bonds is 8. The fraction of sp³-hybridized carbons (Fsp3) is 0.0667. The highest BCUT2D eigenvalue weighted by molar-refractivity contribution is 7.98. The lowest BCUT2D eigenvalue weighted by Gasteiger charge is -2.16. The highest BCUT2D eigenvalue weighted by atomic mass is 35.5. The Morgan fingerprint density at radius 3 is 1.64 bits per heavy atom. The molecule has 0 atom stereocenters. The summed E-state index contributed by atoms with van der Waals surface area (Å²) in [7, 11) is 0. The van der Waals surface area contributed by atoms with Crippen LogP contribution in [0.3, 0.4) is 0 Å². The molecule has 0 aliphatic heterocycles. The van der Waals surface area contributed by atoms with Gasteiger partial charge in [0, 0.05) is 0 Å². The summed E-state index contributed by atoms with van der Waals surface area (Å²) in [5.41, 5.74) is 1.71. The Bertz CT molecular complexity index is 3790. The monoisotopic (exact) mass is 958 g/mol. The number of benzene rings is 5. The fourth-order valence-corrected chi connectivity index (χ4v) is 9.49. The van der Waals surface area contributed by atoms with Gasteiger partial charge in [-0.25, -0.2) is 39.9 Å². The third kappa shape index (κ3) is 8.10. The molecule has 5 aromatic carbocycles. The third-order valence-electron chi connectivity index (χ3n) is 10.3. The molecule has 14 nitrogen and oxygen atoms in total. The molecule has 2 N–H and O–H groups in total. The van der Waals surface area contributed by atoms with Crippen LogP contribution in [0.25, 0.3) is 66.3 Å². The molecule has 0 spiro atoms. The summed E-state index contributed by atoms with van der Waals surface area (Å²) >= 11 is 15.4. The van der Waals surface area contributed by atoms with Crippen molar-refractivity contribution in [1.82, 2.24) is 59.0 Å². The molecule has 0 saturated carbocycles. The summed E-state index contributed by atoms with van der Waals surface area (Å²) in [6, 6.07) is 29.0. The summed E-state index contributed by atoms with van der Waals surface area (Å²) in [5.74, 6) is 1.08. The topological polar surface area (TPSA) is 179 Å². The summed E-state index contributed by atoms with van der Waals surface area (Å²) in [6.45, 7) is 0. The highest BCUT2D eigenvalue weighted by Gasteiger charge is 2.34. The van der Waals surface area contributed by atoms with Gasteiger partial charge >= 0.3 is 6.18 Å². The predicted molar refractivity (Wildman–Crippen MR) is 250 cm³/mol. The summed E-state index contributed by atoms with van der Waals surface area (Å²) in [5, 5.41) is 4.33. The number of nitrogens with zero attached hydrogens (tertiary/aromatic N) is 10. The van der Waals surface area contributed by atoms with Gasteiger partial charge in [-0.15, -0.1) is 0 Å². The van der Waals surface area contributed by atoms with Crippen LogP contribution in [0.2, 0.25) is 10.0 Å². The van der Waals surface area contributed by atoms with Crippen LogP contribution in [0, 0.1) is 0 Å². The lowest BCUT2D eigenvalue weighted by Crippen LogP contribution is -2.25. The zero-order valence-electron chi connectivity index (χ0n) is 33.5. The van der Waals surface area contributed by atoms with E-state index in [0.717, 1.165) is 16.8 Å². The molecule has 0 fully saturated rings. The van der Waals surface area contributed by atoms with Gasteiger partial charge in [-0.1, -0.05) is 101 Å². The number of para-hydroxylation sites is 3. The first-order chi connectivity index (χ1) is 32.0. The Balaban J connectivity index is 0.000000155. The van der Waals surface area contributed by atoms with E-state index in [1.54, 1.807) is 41.2 Å². The smallest absolute Gasteiger partial charge is 0.329 e. The largest absolute Gasteiger partial charge is 0.418 e. The van der Waals surface area contributed by atoms with Crippen molar-refractivity contribution in [2.45, 2.75) is 27.7 Å². The van der Waals surface area contributed by atoms with Crippen molar-refractivity contribution in [2.75, 3.05) is 0 Å². The molecule has 0 aliphatic rings. The van der Waals surface area contributed by atoms with Crippen LogP contribution >= 0.6 is 46.7 Å². The van der Waals surface area contributed by atoms with Gasteiger partial charge in [-0.3, -0.25) is 18.7 Å². The van der Waals surface area contributed by atoms with E-state index < -0.39 is 22.8 Å². The van der Waals surface area contributed by atoms with Crippen molar-refractivity contribution in [3.63, 3.8) is 0 Å². The Kier molecular flexibility index (Phi) is 11.4. The van der Waals surface area contributed by atoms with Gasteiger partial charge in [0.05, 0.1) is 72.9 Å². The van der Waals surface area contributed by atoms with Crippen LogP contribution in [0.15, 0.2) is 148 Å². The number of thioether (sulfide) groups is 2. The molecule has 0 bridgehead atoms. The van der Waals surface area contributed by atoms with Crippen molar-refractivity contribution in [3.05, 3.63) is 176 Å². The van der Waals surface area contributed by atoms with Crippen molar-refractivity contribution >= 4 is 102 Å². The first kappa shape index (κ1) is 42.7. The Morgan fingerprint density at radius 2 is 1.08 bits per heavy atom. The lowest BCUT2D eigenvalue weighted by atomic mass is 10.1. The average Bonchev–Trinajstić information content (AvgIpc) is 4.02. The summed E-state index contributed by atoms with van der Waals surface area (Å²) in [6.07, 6.45) is 1.22. The molecule has 326 valence electrons. The molecule has 66 heavy (non-hydrogen) atoms. The second-order valence-electron chi connectivity index (χ2n) is 14.3. The molecule has 0 amide bonds. The van der Waals surface area contributed by atoms with Gasteiger partial charge in [-0.05, 0) is 59.3 Å². The van der Waals surface area contributed by atoms with E-state index in [1.807, 2.05) is 54.6 Å². The number of hydrogen-bond donors (Lipinski definition) is 2. The molecule has 6 heterocycles. The van der Waals surface area contributed by atoms with Gasteiger partial charge < -0.3 is 9.97 Å². The second kappa shape index (κ2) is 17.7. The van der Waals surface area contributed by atoms with Crippen LogP contribution in [0.1, 0.15) is 17.2 Å². The number of fused-ring (bicyclic) bond motifs is 5. The lowest BCUT2D eigenvalue weighted by molar-refractivity contribution is -0.136. The molecule has 0 saturated heterocycles. The van der Waals surface area contributed by atoms with E-state index in [0.29, 0.717) is 71.3 Å². The number of imidazole rings is 2. The number of H-pyrrole nitrogens is 2. The van der Waals surface area contributed by atoms with Crippen molar-refractivity contribution in [3.8, 4) is 11.4 Å². The molecule has 0 unspecified atom stereocenters. The first-order valence-electron chi connectivity index (χ1n) is 19.6. The number of halogens is 5. The van der Waals surface area contributed by atoms with Crippen molar-refractivity contribution < 1.29 is 13.2 Å².